The maximum absolute atomic E-state index is 11.4. The summed E-state index contributed by atoms with van der Waals surface area (Å²) in [6, 6.07) is 9.49. The van der Waals surface area contributed by atoms with Gasteiger partial charge in [-0.05, 0) is 25.1 Å². The number of carbonyl (C=O) groups is 1. The van der Waals surface area contributed by atoms with E-state index >= 15 is 0 Å². The molecular formula is C14H15NO3S. The molecule has 0 saturated carbocycles. The van der Waals surface area contributed by atoms with Gasteiger partial charge < -0.3 is 14.9 Å². The molecule has 0 aliphatic carbocycles. The van der Waals surface area contributed by atoms with Gasteiger partial charge in [0, 0.05) is 16.1 Å². The van der Waals surface area contributed by atoms with E-state index in [0.29, 0.717) is 5.75 Å². The topological polar surface area (TPSA) is 65.5 Å². The van der Waals surface area contributed by atoms with Crippen LogP contribution in [0.5, 0.6) is 0 Å². The Hall–Kier alpha value is -1.88. The van der Waals surface area contributed by atoms with Crippen molar-refractivity contribution in [2.45, 2.75) is 17.6 Å². The molecule has 0 atom stereocenters. The van der Waals surface area contributed by atoms with E-state index in [9.17, 15) is 4.79 Å². The molecule has 0 fully saturated rings. The molecule has 1 heterocycles. The summed E-state index contributed by atoms with van der Waals surface area (Å²) in [4.78, 5) is 12.4. The lowest BCUT2D eigenvalue weighted by Gasteiger charge is -2.02. The molecule has 0 unspecified atom stereocenters. The lowest BCUT2D eigenvalue weighted by atomic mass is 10.3. The van der Waals surface area contributed by atoms with Crippen molar-refractivity contribution < 1.29 is 13.9 Å². The number of anilines is 1. The van der Waals surface area contributed by atoms with Gasteiger partial charge in [-0.15, -0.1) is 11.8 Å². The molecule has 0 amide bonds. The molecule has 0 bridgehead atoms. The number of aryl methyl sites for hydroxylation is 1. The van der Waals surface area contributed by atoms with Gasteiger partial charge in [0.25, 0.3) is 0 Å². The maximum atomic E-state index is 11.4. The van der Waals surface area contributed by atoms with Crippen LogP contribution in [0.15, 0.2) is 39.6 Å². The number of nitrogens with two attached hydrogens (primary N) is 1. The molecule has 0 aliphatic heterocycles. The van der Waals surface area contributed by atoms with Crippen LogP contribution >= 0.6 is 11.8 Å². The second-order valence-corrected chi connectivity index (χ2v) is 5.06. The van der Waals surface area contributed by atoms with Crippen LogP contribution < -0.4 is 5.73 Å². The number of esters is 1. The average Bonchev–Trinajstić information content (AvgIpc) is 2.78. The summed E-state index contributed by atoms with van der Waals surface area (Å²) in [5.41, 5.74) is 7.38. The number of rotatable bonds is 4. The predicted octanol–water partition coefficient (Wildman–Crippen LogP) is 3.25. The van der Waals surface area contributed by atoms with E-state index in [0.717, 1.165) is 21.9 Å². The number of hydrogen-bond acceptors (Lipinski definition) is 5. The second-order valence-electron chi connectivity index (χ2n) is 4.04. The van der Waals surface area contributed by atoms with E-state index in [1.807, 2.05) is 37.3 Å². The number of methoxy groups -OCH3 is 1. The van der Waals surface area contributed by atoms with E-state index in [4.69, 9.17) is 10.2 Å². The molecule has 100 valence electrons. The van der Waals surface area contributed by atoms with Crippen molar-refractivity contribution in [2.75, 3.05) is 12.8 Å². The number of carbonyl (C=O) groups excluding carboxylic acids is 1. The van der Waals surface area contributed by atoms with Crippen molar-refractivity contribution in [3.05, 3.63) is 47.4 Å². The van der Waals surface area contributed by atoms with Crippen molar-refractivity contribution in [3.8, 4) is 0 Å². The van der Waals surface area contributed by atoms with Gasteiger partial charge in [0.1, 0.15) is 5.76 Å². The standard InChI is InChI=1S/C14H15NO3S/c1-9-7-10(18-13(9)14(16)17-2)8-19-12-6-4-3-5-11(12)15/h3-7H,8,15H2,1-2H3. The van der Waals surface area contributed by atoms with Crippen LogP contribution in [0.25, 0.3) is 0 Å². The van der Waals surface area contributed by atoms with Crippen LogP contribution in [0.1, 0.15) is 21.9 Å². The van der Waals surface area contributed by atoms with Crippen LogP contribution in [-0.4, -0.2) is 13.1 Å². The lowest BCUT2D eigenvalue weighted by molar-refractivity contribution is 0.0562. The van der Waals surface area contributed by atoms with Crippen LogP contribution in [0, 0.1) is 6.92 Å². The summed E-state index contributed by atoms with van der Waals surface area (Å²) in [6.07, 6.45) is 0. The zero-order chi connectivity index (χ0) is 13.8. The molecule has 4 nitrogen and oxygen atoms in total. The summed E-state index contributed by atoms with van der Waals surface area (Å²) in [6.45, 7) is 1.82. The van der Waals surface area contributed by atoms with Crippen molar-refractivity contribution in [1.82, 2.24) is 0 Å². The van der Waals surface area contributed by atoms with Crippen LogP contribution in [0.4, 0.5) is 5.69 Å². The van der Waals surface area contributed by atoms with Crippen LogP contribution in [0.2, 0.25) is 0 Å². The predicted molar refractivity (Wildman–Crippen MR) is 75.2 cm³/mol. The third kappa shape index (κ3) is 3.12. The van der Waals surface area contributed by atoms with E-state index in [2.05, 4.69) is 4.74 Å². The Morgan fingerprint density at radius 3 is 2.84 bits per heavy atom. The Labute approximate surface area is 115 Å². The molecule has 0 spiro atoms. The molecule has 5 heteroatoms. The zero-order valence-corrected chi connectivity index (χ0v) is 11.6. The molecular weight excluding hydrogens is 262 g/mol. The van der Waals surface area contributed by atoms with Gasteiger partial charge in [0.15, 0.2) is 0 Å². The first-order valence-corrected chi connectivity index (χ1v) is 6.75. The Morgan fingerprint density at radius 2 is 2.16 bits per heavy atom. The Kier molecular flexibility index (Phi) is 4.16. The number of ether oxygens (including phenoxy) is 1. The molecule has 2 rings (SSSR count). The van der Waals surface area contributed by atoms with Crippen LogP contribution in [0.3, 0.4) is 0 Å². The number of thioether (sulfide) groups is 1. The first-order chi connectivity index (χ1) is 9.11. The maximum Gasteiger partial charge on any atom is 0.374 e. The van der Waals surface area contributed by atoms with Crippen molar-refractivity contribution in [3.63, 3.8) is 0 Å². The Balaban J connectivity index is 2.09. The number of nitrogen functional groups attached to an aromatic ring is 1. The van der Waals surface area contributed by atoms with E-state index < -0.39 is 5.97 Å². The minimum Gasteiger partial charge on any atom is -0.463 e. The van der Waals surface area contributed by atoms with Gasteiger partial charge >= 0.3 is 5.97 Å². The van der Waals surface area contributed by atoms with Gasteiger partial charge in [-0.3, -0.25) is 0 Å². The van der Waals surface area contributed by atoms with Crippen LogP contribution in [-0.2, 0) is 10.5 Å². The van der Waals surface area contributed by atoms with Crippen molar-refractivity contribution in [2.24, 2.45) is 0 Å². The first kappa shape index (κ1) is 13.5. The summed E-state index contributed by atoms with van der Waals surface area (Å²) in [5.74, 6) is 1.16. The number of benzene rings is 1. The highest BCUT2D eigenvalue weighted by molar-refractivity contribution is 7.98. The van der Waals surface area contributed by atoms with Crippen molar-refractivity contribution >= 4 is 23.4 Å². The third-order valence-electron chi connectivity index (χ3n) is 2.63. The highest BCUT2D eigenvalue weighted by Crippen LogP contribution is 2.29. The molecule has 0 aliphatic rings. The Bertz CT molecular complexity index is 592. The smallest absolute Gasteiger partial charge is 0.374 e. The molecule has 1 aromatic heterocycles. The highest BCUT2D eigenvalue weighted by Gasteiger charge is 2.16. The van der Waals surface area contributed by atoms with Gasteiger partial charge in [-0.25, -0.2) is 4.79 Å². The molecule has 19 heavy (non-hydrogen) atoms. The summed E-state index contributed by atoms with van der Waals surface area (Å²) < 4.78 is 10.1. The fourth-order valence-corrected chi connectivity index (χ4v) is 2.52. The van der Waals surface area contributed by atoms with Gasteiger partial charge in [-0.1, -0.05) is 12.1 Å². The summed E-state index contributed by atoms with van der Waals surface area (Å²) >= 11 is 1.57. The first-order valence-electron chi connectivity index (χ1n) is 5.76. The number of hydrogen-bond donors (Lipinski definition) is 1. The van der Waals surface area contributed by atoms with E-state index in [1.54, 1.807) is 11.8 Å². The fraction of sp³-hybridized carbons (Fsp3) is 0.214. The van der Waals surface area contributed by atoms with E-state index in [-0.39, 0.29) is 5.76 Å². The molecule has 2 aromatic rings. The van der Waals surface area contributed by atoms with Gasteiger partial charge in [0.2, 0.25) is 5.76 Å². The van der Waals surface area contributed by atoms with Gasteiger partial charge in [-0.2, -0.15) is 0 Å². The fourth-order valence-electron chi connectivity index (χ4n) is 1.68. The largest absolute Gasteiger partial charge is 0.463 e. The normalized spacial score (nSPS) is 10.4. The summed E-state index contributed by atoms with van der Waals surface area (Å²) in [7, 11) is 1.34. The average molecular weight is 277 g/mol. The molecule has 1 aromatic carbocycles. The zero-order valence-electron chi connectivity index (χ0n) is 10.8. The van der Waals surface area contributed by atoms with E-state index in [1.165, 1.54) is 7.11 Å². The third-order valence-corrected chi connectivity index (χ3v) is 3.74. The SMILES string of the molecule is COC(=O)c1oc(CSc2ccccc2N)cc1C. The monoisotopic (exact) mass is 277 g/mol. The molecule has 0 radical (unpaired) electrons. The summed E-state index contributed by atoms with van der Waals surface area (Å²) in [5, 5.41) is 0. The second kappa shape index (κ2) is 5.84. The Morgan fingerprint density at radius 1 is 1.42 bits per heavy atom. The number of para-hydroxylation sites is 1. The minimum absolute atomic E-state index is 0.263. The lowest BCUT2D eigenvalue weighted by Crippen LogP contribution is -2.00. The molecule has 2 N–H and O–H groups in total. The molecule has 0 saturated heterocycles. The van der Waals surface area contributed by atoms with Gasteiger partial charge in [0.05, 0.1) is 12.9 Å². The highest BCUT2D eigenvalue weighted by atomic mass is 32.2. The minimum atomic E-state index is -0.451. The van der Waals surface area contributed by atoms with Crippen molar-refractivity contribution in [1.29, 1.82) is 0 Å². The quantitative estimate of drug-likeness (QED) is 0.528. The number of furan rings is 1.